The Kier molecular flexibility index (Phi) is 3.22. The third-order valence-corrected chi connectivity index (χ3v) is 3.85. The Hall–Kier alpha value is -1.14. The minimum absolute atomic E-state index is 0.0269. The molecule has 0 unspecified atom stereocenters. The predicted octanol–water partition coefficient (Wildman–Crippen LogP) is 1.30. The number of hydrogen-bond acceptors (Lipinski definition) is 6. The van der Waals surface area contributed by atoms with Crippen LogP contribution >= 0.6 is 0 Å². The largest absolute Gasteiger partial charge is 0.407 e. The summed E-state index contributed by atoms with van der Waals surface area (Å²) in [6.07, 6.45) is 5.95. The van der Waals surface area contributed by atoms with Gasteiger partial charge in [0.25, 0.3) is 0 Å². The second-order valence-corrected chi connectivity index (χ2v) is 5.25. The molecule has 3 rings (SSSR count). The molecule has 0 saturated heterocycles. The summed E-state index contributed by atoms with van der Waals surface area (Å²) in [4.78, 5) is 0. The average Bonchev–Trinajstić information content (AvgIpc) is 3.06. The number of rotatable bonds is 7. The summed E-state index contributed by atoms with van der Waals surface area (Å²) >= 11 is 0. The van der Waals surface area contributed by atoms with Crippen molar-refractivity contribution in [2.45, 2.75) is 50.3 Å². The number of aromatic nitrogens is 2. The molecule has 6 heteroatoms. The molecule has 100 valence electrons. The highest BCUT2D eigenvalue weighted by Crippen LogP contribution is 2.34. The SMILES string of the molecule is COC1(CNc2nnc(CNC3CC3)o2)CCC1. The summed E-state index contributed by atoms with van der Waals surface area (Å²) in [6, 6.07) is 1.14. The van der Waals surface area contributed by atoms with Crippen molar-refractivity contribution in [2.75, 3.05) is 19.0 Å². The summed E-state index contributed by atoms with van der Waals surface area (Å²) in [5, 5.41) is 14.5. The van der Waals surface area contributed by atoms with Crippen LogP contribution < -0.4 is 10.6 Å². The molecule has 0 aromatic carbocycles. The normalized spacial score (nSPS) is 21.6. The molecule has 18 heavy (non-hydrogen) atoms. The Morgan fingerprint density at radius 3 is 2.83 bits per heavy atom. The molecule has 0 spiro atoms. The molecule has 2 aliphatic rings. The molecular weight excluding hydrogens is 232 g/mol. The molecule has 2 N–H and O–H groups in total. The smallest absolute Gasteiger partial charge is 0.315 e. The van der Waals surface area contributed by atoms with Gasteiger partial charge in [0.15, 0.2) is 0 Å². The zero-order valence-corrected chi connectivity index (χ0v) is 10.7. The van der Waals surface area contributed by atoms with Crippen LogP contribution in [-0.4, -0.2) is 35.5 Å². The van der Waals surface area contributed by atoms with Gasteiger partial charge < -0.3 is 19.8 Å². The van der Waals surface area contributed by atoms with E-state index in [2.05, 4.69) is 20.8 Å². The Bertz CT molecular complexity index is 393. The first-order valence-electron chi connectivity index (χ1n) is 6.64. The van der Waals surface area contributed by atoms with Crippen molar-refractivity contribution in [3.05, 3.63) is 5.89 Å². The second kappa shape index (κ2) is 4.85. The molecule has 0 atom stereocenters. The molecule has 2 fully saturated rings. The molecule has 0 bridgehead atoms. The molecule has 2 aliphatic carbocycles. The maximum Gasteiger partial charge on any atom is 0.315 e. The summed E-state index contributed by atoms with van der Waals surface area (Å²) in [6.45, 7) is 1.40. The fourth-order valence-electron chi connectivity index (χ4n) is 2.18. The van der Waals surface area contributed by atoms with Crippen molar-refractivity contribution in [3.63, 3.8) is 0 Å². The zero-order valence-electron chi connectivity index (χ0n) is 10.7. The molecule has 0 amide bonds. The van der Waals surface area contributed by atoms with Gasteiger partial charge in [0.05, 0.1) is 12.1 Å². The molecule has 0 radical (unpaired) electrons. The minimum Gasteiger partial charge on any atom is -0.407 e. The number of nitrogens with zero attached hydrogens (tertiary/aromatic N) is 2. The maximum absolute atomic E-state index is 5.52. The lowest BCUT2D eigenvalue weighted by atomic mass is 9.80. The number of ether oxygens (including phenoxy) is 1. The molecule has 0 aliphatic heterocycles. The van der Waals surface area contributed by atoms with Gasteiger partial charge in [0.1, 0.15) is 0 Å². The highest BCUT2D eigenvalue weighted by atomic mass is 16.5. The van der Waals surface area contributed by atoms with Gasteiger partial charge in [-0.2, -0.15) is 0 Å². The third-order valence-electron chi connectivity index (χ3n) is 3.85. The van der Waals surface area contributed by atoms with Gasteiger partial charge in [0, 0.05) is 19.7 Å². The Morgan fingerprint density at radius 1 is 1.39 bits per heavy atom. The first-order chi connectivity index (χ1) is 8.80. The topological polar surface area (TPSA) is 72.2 Å². The molecule has 1 aromatic rings. The lowest BCUT2D eigenvalue weighted by molar-refractivity contribution is -0.0604. The zero-order chi connectivity index (χ0) is 12.4. The highest BCUT2D eigenvalue weighted by molar-refractivity contribution is 5.19. The van der Waals surface area contributed by atoms with Gasteiger partial charge in [-0.25, -0.2) is 0 Å². The second-order valence-electron chi connectivity index (χ2n) is 5.25. The van der Waals surface area contributed by atoms with Crippen LogP contribution in [0.2, 0.25) is 0 Å². The summed E-state index contributed by atoms with van der Waals surface area (Å²) < 4.78 is 11.0. The molecule has 1 heterocycles. The average molecular weight is 252 g/mol. The van der Waals surface area contributed by atoms with Gasteiger partial charge >= 0.3 is 6.01 Å². The van der Waals surface area contributed by atoms with E-state index in [9.17, 15) is 0 Å². The molecular formula is C12H20N4O2. The van der Waals surface area contributed by atoms with Crippen LogP contribution in [0.5, 0.6) is 0 Å². The first-order valence-corrected chi connectivity index (χ1v) is 6.64. The standard InChI is InChI=1S/C12H20N4O2/c1-17-12(5-2-6-12)8-14-11-16-15-10(18-11)7-13-9-3-4-9/h9,13H,2-8H2,1H3,(H,14,16). The van der Waals surface area contributed by atoms with Gasteiger partial charge in [-0.3, -0.25) is 0 Å². The first kappa shape index (κ1) is 11.9. The molecule has 1 aromatic heterocycles. The quantitative estimate of drug-likeness (QED) is 0.762. The Balaban J connectivity index is 1.46. The highest BCUT2D eigenvalue weighted by Gasteiger charge is 2.37. The van der Waals surface area contributed by atoms with Crippen molar-refractivity contribution in [3.8, 4) is 0 Å². The summed E-state index contributed by atoms with van der Waals surface area (Å²) in [5.41, 5.74) is -0.0269. The van der Waals surface area contributed by atoms with Crippen LogP contribution in [0.15, 0.2) is 4.42 Å². The predicted molar refractivity (Wildman–Crippen MR) is 66.2 cm³/mol. The Labute approximate surface area is 106 Å². The minimum atomic E-state index is -0.0269. The van der Waals surface area contributed by atoms with Crippen LogP contribution in [0.4, 0.5) is 6.01 Å². The van der Waals surface area contributed by atoms with Crippen LogP contribution in [0.3, 0.4) is 0 Å². The van der Waals surface area contributed by atoms with Crippen molar-refractivity contribution in [2.24, 2.45) is 0 Å². The Morgan fingerprint density at radius 2 is 2.22 bits per heavy atom. The fraction of sp³-hybridized carbons (Fsp3) is 0.833. The van der Waals surface area contributed by atoms with Crippen molar-refractivity contribution in [1.29, 1.82) is 0 Å². The number of methoxy groups -OCH3 is 1. The lowest BCUT2D eigenvalue weighted by Crippen LogP contribution is -2.45. The number of nitrogens with one attached hydrogen (secondary N) is 2. The van der Waals surface area contributed by atoms with E-state index in [1.165, 1.54) is 19.3 Å². The van der Waals surface area contributed by atoms with E-state index in [1.54, 1.807) is 7.11 Å². The summed E-state index contributed by atoms with van der Waals surface area (Å²) in [5.74, 6) is 0.643. The lowest BCUT2D eigenvalue weighted by Gasteiger charge is -2.40. The van der Waals surface area contributed by atoms with Crippen LogP contribution in [0.25, 0.3) is 0 Å². The van der Waals surface area contributed by atoms with E-state index in [4.69, 9.17) is 9.15 Å². The maximum atomic E-state index is 5.52. The number of hydrogen-bond donors (Lipinski definition) is 2. The van der Waals surface area contributed by atoms with Gasteiger partial charge in [-0.05, 0) is 32.1 Å². The van der Waals surface area contributed by atoms with E-state index in [0.29, 0.717) is 24.5 Å². The van der Waals surface area contributed by atoms with Crippen LogP contribution in [-0.2, 0) is 11.3 Å². The van der Waals surface area contributed by atoms with Crippen molar-refractivity contribution in [1.82, 2.24) is 15.5 Å². The van der Waals surface area contributed by atoms with E-state index in [0.717, 1.165) is 19.4 Å². The van der Waals surface area contributed by atoms with Crippen molar-refractivity contribution >= 4 is 6.01 Å². The van der Waals surface area contributed by atoms with Crippen molar-refractivity contribution < 1.29 is 9.15 Å². The van der Waals surface area contributed by atoms with E-state index in [1.807, 2.05) is 0 Å². The molecule has 2 saturated carbocycles. The van der Waals surface area contributed by atoms with Crippen LogP contribution in [0, 0.1) is 0 Å². The third kappa shape index (κ3) is 2.64. The fourth-order valence-corrected chi connectivity index (χ4v) is 2.18. The van der Waals surface area contributed by atoms with E-state index in [-0.39, 0.29) is 5.60 Å². The molecule has 6 nitrogen and oxygen atoms in total. The summed E-state index contributed by atoms with van der Waals surface area (Å²) in [7, 11) is 1.76. The van der Waals surface area contributed by atoms with Gasteiger partial charge in [-0.1, -0.05) is 5.10 Å². The number of anilines is 1. The monoisotopic (exact) mass is 252 g/mol. The van der Waals surface area contributed by atoms with E-state index < -0.39 is 0 Å². The van der Waals surface area contributed by atoms with Crippen LogP contribution in [0.1, 0.15) is 38.0 Å². The van der Waals surface area contributed by atoms with Gasteiger partial charge in [0.2, 0.25) is 5.89 Å². The van der Waals surface area contributed by atoms with E-state index >= 15 is 0 Å². The van der Waals surface area contributed by atoms with Gasteiger partial charge in [-0.15, -0.1) is 5.10 Å².